The number of amides is 1. The molecule has 0 atom stereocenters. The number of thiazole rings is 1. The second-order valence-corrected chi connectivity index (χ2v) is 10.4. The Morgan fingerprint density at radius 1 is 1.13 bits per heavy atom. The predicted octanol–water partition coefficient (Wildman–Crippen LogP) is 4.27. The highest BCUT2D eigenvalue weighted by Crippen LogP contribution is 2.31. The third-order valence-corrected chi connectivity index (χ3v) is 7.28. The van der Waals surface area contributed by atoms with Crippen molar-refractivity contribution in [2.45, 2.75) is 11.3 Å². The number of aromatic nitrogens is 1. The molecular formula is C20H22Cl2FN3O3S2. The van der Waals surface area contributed by atoms with Crippen LogP contribution in [0.3, 0.4) is 0 Å². The number of halogens is 3. The lowest BCUT2D eigenvalue weighted by Crippen LogP contribution is -2.37. The Kier molecular flexibility index (Phi) is 8.79. The largest absolute Gasteiger partial charge is 0.309 e. The van der Waals surface area contributed by atoms with Crippen LogP contribution in [-0.4, -0.2) is 57.1 Å². The van der Waals surface area contributed by atoms with E-state index in [-0.39, 0.29) is 34.5 Å². The van der Waals surface area contributed by atoms with Gasteiger partial charge in [-0.25, -0.2) is 17.8 Å². The van der Waals surface area contributed by atoms with Crippen LogP contribution in [0.15, 0.2) is 47.4 Å². The van der Waals surface area contributed by atoms with Gasteiger partial charge in [0, 0.05) is 11.6 Å². The predicted molar refractivity (Wildman–Crippen MR) is 126 cm³/mol. The molecule has 0 bridgehead atoms. The summed E-state index contributed by atoms with van der Waals surface area (Å²) in [6.07, 6.45) is 0.609. The van der Waals surface area contributed by atoms with Crippen molar-refractivity contribution in [2.24, 2.45) is 0 Å². The molecule has 0 aliphatic rings. The van der Waals surface area contributed by atoms with E-state index in [0.717, 1.165) is 11.3 Å². The van der Waals surface area contributed by atoms with E-state index in [1.165, 1.54) is 35.2 Å². The number of rotatable bonds is 8. The van der Waals surface area contributed by atoms with Gasteiger partial charge in [0.25, 0.3) is 0 Å². The fraction of sp³-hybridized carbons (Fsp3) is 0.300. The van der Waals surface area contributed by atoms with Gasteiger partial charge in [0.2, 0.25) is 5.91 Å². The Balaban J connectivity index is 0.00000341. The zero-order valence-electron chi connectivity index (χ0n) is 16.9. The third-order valence-electron chi connectivity index (χ3n) is 4.36. The van der Waals surface area contributed by atoms with Crippen molar-refractivity contribution < 1.29 is 17.6 Å². The van der Waals surface area contributed by atoms with Crippen LogP contribution in [0.25, 0.3) is 10.2 Å². The lowest BCUT2D eigenvalue weighted by Gasteiger charge is -2.21. The molecule has 1 aromatic heterocycles. The Morgan fingerprint density at radius 2 is 1.81 bits per heavy atom. The lowest BCUT2D eigenvalue weighted by atomic mass is 10.3. The number of para-hydroxylation sites is 1. The molecule has 3 aromatic rings. The minimum atomic E-state index is -3.87. The van der Waals surface area contributed by atoms with E-state index in [4.69, 9.17) is 11.6 Å². The number of anilines is 1. The number of hydrogen-bond donors (Lipinski definition) is 0. The first kappa shape index (κ1) is 25.5. The molecule has 0 unspecified atom stereocenters. The maximum absolute atomic E-state index is 14.1. The molecule has 11 heteroatoms. The molecule has 0 radical (unpaired) electrons. The maximum atomic E-state index is 14.1. The van der Waals surface area contributed by atoms with Crippen LogP contribution in [0.5, 0.6) is 0 Å². The van der Waals surface area contributed by atoms with Gasteiger partial charge < -0.3 is 4.90 Å². The summed E-state index contributed by atoms with van der Waals surface area (Å²) in [6, 6.07) is 10.3. The molecule has 0 fully saturated rings. The SMILES string of the molecule is CN(C)CCCN(C(=O)CS(=O)(=O)c1ccc(Cl)cc1)c1nc2c(F)cccc2s1.Cl. The van der Waals surface area contributed by atoms with E-state index in [1.807, 2.05) is 19.0 Å². The average molecular weight is 506 g/mol. The van der Waals surface area contributed by atoms with Gasteiger partial charge in [-0.05, 0) is 63.5 Å². The highest BCUT2D eigenvalue weighted by Gasteiger charge is 2.26. The van der Waals surface area contributed by atoms with Gasteiger partial charge in [0.1, 0.15) is 17.1 Å². The summed E-state index contributed by atoms with van der Waals surface area (Å²) in [7, 11) is -0.0525. The van der Waals surface area contributed by atoms with Crippen LogP contribution in [0.1, 0.15) is 6.42 Å². The molecule has 2 aromatic carbocycles. The normalized spacial score (nSPS) is 11.5. The zero-order chi connectivity index (χ0) is 21.9. The van der Waals surface area contributed by atoms with Gasteiger partial charge in [-0.1, -0.05) is 29.0 Å². The van der Waals surface area contributed by atoms with E-state index in [2.05, 4.69) is 4.98 Å². The molecule has 6 nitrogen and oxygen atoms in total. The zero-order valence-corrected chi connectivity index (χ0v) is 20.1. The van der Waals surface area contributed by atoms with E-state index in [9.17, 15) is 17.6 Å². The molecule has 1 heterocycles. The van der Waals surface area contributed by atoms with Crippen LogP contribution in [-0.2, 0) is 14.6 Å². The highest BCUT2D eigenvalue weighted by atomic mass is 35.5. The molecule has 0 aliphatic heterocycles. The summed E-state index contributed by atoms with van der Waals surface area (Å²) < 4.78 is 40.1. The summed E-state index contributed by atoms with van der Waals surface area (Å²) in [4.78, 5) is 20.6. The average Bonchev–Trinajstić information content (AvgIpc) is 3.10. The topological polar surface area (TPSA) is 70.6 Å². The molecule has 1 amide bonds. The first-order valence-electron chi connectivity index (χ1n) is 9.16. The van der Waals surface area contributed by atoms with Gasteiger partial charge >= 0.3 is 0 Å². The summed E-state index contributed by atoms with van der Waals surface area (Å²) in [5, 5.41) is 0.687. The van der Waals surface area contributed by atoms with E-state index in [0.29, 0.717) is 22.7 Å². The maximum Gasteiger partial charge on any atom is 0.244 e. The fourth-order valence-corrected chi connectivity index (χ4v) is 5.20. The molecular weight excluding hydrogens is 484 g/mol. The molecule has 0 spiro atoms. The second-order valence-electron chi connectivity index (χ2n) is 7.00. The molecule has 168 valence electrons. The Morgan fingerprint density at radius 3 is 2.42 bits per heavy atom. The summed E-state index contributed by atoms with van der Waals surface area (Å²) in [5.41, 5.74) is 0.170. The number of fused-ring (bicyclic) bond motifs is 1. The van der Waals surface area contributed by atoms with Gasteiger partial charge in [0.15, 0.2) is 15.0 Å². The number of nitrogens with zero attached hydrogens (tertiary/aromatic N) is 3. The van der Waals surface area contributed by atoms with E-state index in [1.54, 1.807) is 12.1 Å². The van der Waals surface area contributed by atoms with Crippen molar-refractivity contribution in [3.8, 4) is 0 Å². The van der Waals surface area contributed by atoms with Crippen LogP contribution in [0.2, 0.25) is 5.02 Å². The van der Waals surface area contributed by atoms with Gasteiger partial charge in [-0.3, -0.25) is 9.69 Å². The lowest BCUT2D eigenvalue weighted by molar-refractivity contribution is -0.116. The van der Waals surface area contributed by atoms with Gasteiger partial charge in [-0.2, -0.15) is 0 Å². The monoisotopic (exact) mass is 505 g/mol. The standard InChI is InChI=1S/C20H21ClFN3O3S2.ClH/c1-24(2)11-4-12-25(20-23-19-16(22)5-3-6-17(19)29-20)18(26)13-30(27,28)15-9-7-14(21)8-10-15;/h3,5-10H,4,11-13H2,1-2H3;1H. The molecule has 3 rings (SSSR count). The molecule has 0 saturated carbocycles. The van der Waals surface area contributed by atoms with Crippen LogP contribution >= 0.6 is 35.3 Å². The Bertz CT molecular complexity index is 1150. The molecule has 0 N–H and O–H groups in total. The number of benzene rings is 2. The summed E-state index contributed by atoms with van der Waals surface area (Å²) >= 11 is 6.98. The highest BCUT2D eigenvalue weighted by molar-refractivity contribution is 7.92. The number of hydrogen-bond acceptors (Lipinski definition) is 6. The van der Waals surface area contributed by atoms with Crippen LogP contribution < -0.4 is 4.90 Å². The van der Waals surface area contributed by atoms with Crippen molar-refractivity contribution in [1.82, 2.24) is 9.88 Å². The second kappa shape index (κ2) is 10.7. The van der Waals surface area contributed by atoms with Gasteiger partial charge in [-0.15, -0.1) is 12.4 Å². The van der Waals surface area contributed by atoms with Crippen LogP contribution in [0, 0.1) is 5.82 Å². The van der Waals surface area contributed by atoms with E-state index < -0.39 is 27.3 Å². The van der Waals surface area contributed by atoms with Crippen molar-refractivity contribution >= 4 is 66.4 Å². The minimum absolute atomic E-state index is 0. The first-order chi connectivity index (χ1) is 14.2. The molecule has 0 saturated heterocycles. The van der Waals surface area contributed by atoms with Crippen molar-refractivity contribution in [1.29, 1.82) is 0 Å². The first-order valence-corrected chi connectivity index (χ1v) is 12.0. The number of carbonyl (C=O) groups is 1. The number of sulfone groups is 1. The summed E-state index contributed by atoms with van der Waals surface area (Å²) in [5.74, 6) is -1.80. The van der Waals surface area contributed by atoms with Gasteiger partial charge in [0.05, 0.1) is 9.60 Å². The smallest absolute Gasteiger partial charge is 0.244 e. The number of carbonyl (C=O) groups excluding carboxylic acids is 1. The fourth-order valence-electron chi connectivity index (χ4n) is 2.86. The van der Waals surface area contributed by atoms with Crippen LogP contribution in [0.4, 0.5) is 9.52 Å². The minimum Gasteiger partial charge on any atom is -0.309 e. The Hall–Kier alpha value is -1.78. The van der Waals surface area contributed by atoms with Crippen molar-refractivity contribution in [3.63, 3.8) is 0 Å². The summed E-state index contributed by atoms with van der Waals surface area (Å²) in [6.45, 7) is 0.974. The van der Waals surface area contributed by atoms with Crippen molar-refractivity contribution in [2.75, 3.05) is 37.8 Å². The van der Waals surface area contributed by atoms with E-state index >= 15 is 0 Å². The molecule has 31 heavy (non-hydrogen) atoms. The Labute approximate surface area is 196 Å². The van der Waals surface area contributed by atoms with Crippen molar-refractivity contribution in [3.05, 3.63) is 53.3 Å². The third kappa shape index (κ3) is 6.36. The quantitative estimate of drug-likeness (QED) is 0.457. The molecule has 0 aliphatic carbocycles.